The maximum atomic E-state index is 12.0. The molecule has 4 rings (SSSR count). The van der Waals surface area contributed by atoms with Gasteiger partial charge in [0, 0.05) is 48.3 Å². The fourth-order valence-corrected chi connectivity index (χ4v) is 3.71. The third-order valence-electron chi connectivity index (χ3n) is 5.58. The minimum atomic E-state index is -0.107. The van der Waals surface area contributed by atoms with Gasteiger partial charge in [0.05, 0.1) is 0 Å². The highest BCUT2D eigenvalue weighted by Gasteiger charge is 2.14. The van der Waals surface area contributed by atoms with Crippen molar-refractivity contribution in [2.75, 3.05) is 23.3 Å². The van der Waals surface area contributed by atoms with Gasteiger partial charge in [-0.3, -0.25) is 4.79 Å². The summed E-state index contributed by atoms with van der Waals surface area (Å²) < 4.78 is 0. The van der Waals surface area contributed by atoms with Crippen LogP contribution in [0.15, 0.2) is 47.4 Å². The molecule has 0 unspecified atom stereocenters. The van der Waals surface area contributed by atoms with Crippen molar-refractivity contribution in [1.29, 1.82) is 0 Å². The molecule has 1 aromatic carbocycles. The summed E-state index contributed by atoms with van der Waals surface area (Å²) in [6, 6.07) is 12.4. The van der Waals surface area contributed by atoms with Gasteiger partial charge in [-0.15, -0.1) is 0 Å². The van der Waals surface area contributed by atoms with E-state index in [-0.39, 0.29) is 5.56 Å². The fraction of sp³-hybridized carbons (Fsp3) is 0.348. The number of aromatic nitrogens is 3. The van der Waals surface area contributed by atoms with Crippen LogP contribution < -0.4 is 15.8 Å². The smallest absolute Gasteiger partial charge is 0.254 e. The molecule has 0 radical (unpaired) electrons. The van der Waals surface area contributed by atoms with Crippen LogP contribution in [0, 0.1) is 13.8 Å². The van der Waals surface area contributed by atoms with Gasteiger partial charge in [0.1, 0.15) is 11.6 Å². The van der Waals surface area contributed by atoms with Gasteiger partial charge >= 0.3 is 0 Å². The van der Waals surface area contributed by atoms with Gasteiger partial charge in [-0.05, 0) is 56.9 Å². The van der Waals surface area contributed by atoms with Crippen LogP contribution in [0.1, 0.15) is 36.1 Å². The second kappa shape index (κ2) is 8.47. The molecule has 2 N–H and O–H groups in total. The minimum Gasteiger partial charge on any atom is -0.371 e. The number of aromatic amines is 1. The average Bonchev–Trinajstić information content (AvgIpc) is 2.77. The third-order valence-corrected chi connectivity index (χ3v) is 5.58. The van der Waals surface area contributed by atoms with Crippen molar-refractivity contribution in [2.45, 2.75) is 39.7 Å². The Bertz CT molecular complexity index is 1040. The monoisotopic (exact) mass is 389 g/mol. The summed E-state index contributed by atoms with van der Waals surface area (Å²) in [6.45, 7) is 6.60. The third kappa shape index (κ3) is 4.31. The summed E-state index contributed by atoms with van der Waals surface area (Å²) in [5, 5.41) is 3.42. The van der Waals surface area contributed by atoms with Gasteiger partial charge < -0.3 is 15.2 Å². The molecule has 0 spiro atoms. The normalized spacial score (nSPS) is 14.1. The Morgan fingerprint density at radius 2 is 1.86 bits per heavy atom. The Morgan fingerprint density at radius 3 is 2.59 bits per heavy atom. The lowest BCUT2D eigenvalue weighted by Crippen LogP contribution is -2.30. The lowest BCUT2D eigenvalue weighted by Gasteiger charge is -2.30. The zero-order valence-corrected chi connectivity index (χ0v) is 17.0. The van der Waals surface area contributed by atoms with Crippen LogP contribution in [0.3, 0.4) is 0 Å². The first-order valence-corrected chi connectivity index (χ1v) is 10.2. The van der Waals surface area contributed by atoms with Crippen LogP contribution in [0.5, 0.6) is 0 Å². The maximum absolute atomic E-state index is 12.0. The molecule has 2 aromatic heterocycles. The zero-order valence-electron chi connectivity index (χ0n) is 17.0. The Hall–Kier alpha value is -3.15. The molecule has 6 nitrogen and oxygen atoms in total. The number of piperidine rings is 1. The van der Waals surface area contributed by atoms with Gasteiger partial charge in [-0.2, -0.15) is 0 Å². The lowest BCUT2D eigenvalue weighted by atomic mass is 10.1. The molecule has 0 saturated carbocycles. The van der Waals surface area contributed by atoms with E-state index in [0.29, 0.717) is 11.4 Å². The topological polar surface area (TPSA) is 73.9 Å². The van der Waals surface area contributed by atoms with E-state index in [1.807, 2.05) is 19.1 Å². The van der Waals surface area contributed by atoms with E-state index in [1.54, 1.807) is 13.1 Å². The molecule has 0 bridgehead atoms. The van der Waals surface area contributed by atoms with Gasteiger partial charge in [-0.25, -0.2) is 9.97 Å². The molecule has 29 heavy (non-hydrogen) atoms. The van der Waals surface area contributed by atoms with E-state index >= 15 is 0 Å². The number of nitrogens with one attached hydrogen (secondary N) is 2. The molecule has 3 heterocycles. The molecule has 150 valence electrons. The van der Waals surface area contributed by atoms with E-state index in [1.165, 1.54) is 30.5 Å². The van der Waals surface area contributed by atoms with Crippen molar-refractivity contribution in [1.82, 2.24) is 15.0 Å². The van der Waals surface area contributed by atoms with Gasteiger partial charge in [0.25, 0.3) is 5.56 Å². The first-order valence-electron chi connectivity index (χ1n) is 10.2. The number of aryl methyl sites for hydroxylation is 1. The minimum absolute atomic E-state index is 0.107. The summed E-state index contributed by atoms with van der Waals surface area (Å²) in [5.41, 5.74) is 4.66. The number of pyridine rings is 1. The van der Waals surface area contributed by atoms with Crippen molar-refractivity contribution < 1.29 is 0 Å². The number of anilines is 2. The number of benzene rings is 1. The first kappa shape index (κ1) is 19.2. The summed E-state index contributed by atoms with van der Waals surface area (Å²) in [4.78, 5) is 26.3. The van der Waals surface area contributed by atoms with Crippen molar-refractivity contribution >= 4 is 11.5 Å². The summed E-state index contributed by atoms with van der Waals surface area (Å²) in [7, 11) is 0. The quantitative estimate of drug-likeness (QED) is 0.689. The van der Waals surface area contributed by atoms with Crippen molar-refractivity contribution in [2.24, 2.45) is 0 Å². The van der Waals surface area contributed by atoms with Crippen molar-refractivity contribution in [3.8, 4) is 11.4 Å². The standard InChI is InChI=1S/C23H27N5O/c1-16-17(2)26-22(27-23(16)29)19-10-11-21(25-15-19)24-14-18-8-4-5-9-20(18)28-12-6-3-7-13-28/h4-5,8-11,15H,3,6-7,12-14H2,1-2H3,(H,24,25)(H,26,27,29). The van der Waals surface area contributed by atoms with E-state index < -0.39 is 0 Å². The van der Waals surface area contributed by atoms with Crippen molar-refractivity contribution in [3.05, 3.63) is 69.8 Å². The first-order chi connectivity index (χ1) is 14.1. The Kier molecular flexibility index (Phi) is 5.60. The molecule has 1 aliphatic rings. The summed E-state index contributed by atoms with van der Waals surface area (Å²) in [6.07, 6.45) is 5.60. The van der Waals surface area contributed by atoms with Crippen LogP contribution >= 0.6 is 0 Å². The second-order valence-corrected chi connectivity index (χ2v) is 7.59. The summed E-state index contributed by atoms with van der Waals surface area (Å²) in [5.74, 6) is 1.35. The molecule has 6 heteroatoms. The molecular weight excluding hydrogens is 362 g/mol. The van der Waals surface area contributed by atoms with E-state index in [0.717, 1.165) is 36.7 Å². The van der Waals surface area contributed by atoms with Gasteiger partial charge in [0.15, 0.2) is 0 Å². The van der Waals surface area contributed by atoms with E-state index in [4.69, 9.17) is 0 Å². The largest absolute Gasteiger partial charge is 0.371 e. The van der Waals surface area contributed by atoms with Gasteiger partial charge in [0.2, 0.25) is 0 Å². The number of H-pyrrole nitrogens is 1. The number of hydrogen-bond donors (Lipinski definition) is 2. The Labute approximate surface area is 171 Å². The highest BCUT2D eigenvalue weighted by atomic mass is 16.1. The van der Waals surface area contributed by atoms with Crippen LogP contribution in [-0.2, 0) is 6.54 Å². The van der Waals surface area contributed by atoms with Crippen LogP contribution in [0.2, 0.25) is 0 Å². The zero-order chi connectivity index (χ0) is 20.2. The highest BCUT2D eigenvalue weighted by Crippen LogP contribution is 2.25. The predicted molar refractivity (Wildman–Crippen MR) is 117 cm³/mol. The van der Waals surface area contributed by atoms with Gasteiger partial charge in [-0.1, -0.05) is 18.2 Å². The SMILES string of the molecule is Cc1nc(-c2ccc(NCc3ccccc3N3CCCCC3)nc2)[nH]c(=O)c1C. The van der Waals surface area contributed by atoms with Crippen LogP contribution in [0.25, 0.3) is 11.4 Å². The molecule has 0 atom stereocenters. The number of nitrogens with zero attached hydrogens (tertiary/aromatic N) is 3. The second-order valence-electron chi connectivity index (χ2n) is 7.59. The fourth-order valence-electron chi connectivity index (χ4n) is 3.71. The summed E-state index contributed by atoms with van der Waals surface area (Å²) >= 11 is 0. The van der Waals surface area contributed by atoms with E-state index in [9.17, 15) is 4.79 Å². The highest BCUT2D eigenvalue weighted by molar-refractivity contribution is 5.58. The number of para-hydroxylation sites is 1. The molecular formula is C23H27N5O. The predicted octanol–water partition coefficient (Wildman–Crippen LogP) is 4.05. The lowest BCUT2D eigenvalue weighted by molar-refractivity contribution is 0.576. The molecule has 0 amide bonds. The van der Waals surface area contributed by atoms with Crippen LogP contribution in [-0.4, -0.2) is 28.0 Å². The molecule has 1 saturated heterocycles. The molecule has 0 aliphatic carbocycles. The van der Waals surface area contributed by atoms with Crippen molar-refractivity contribution in [3.63, 3.8) is 0 Å². The van der Waals surface area contributed by atoms with E-state index in [2.05, 4.69) is 49.4 Å². The molecule has 1 fully saturated rings. The Balaban J connectivity index is 1.47. The maximum Gasteiger partial charge on any atom is 0.254 e. The average molecular weight is 390 g/mol. The van der Waals surface area contributed by atoms with Crippen LogP contribution in [0.4, 0.5) is 11.5 Å². The number of rotatable bonds is 5. The molecule has 1 aliphatic heterocycles. The number of hydrogen-bond acceptors (Lipinski definition) is 5. The Morgan fingerprint density at radius 1 is 1.07 bits per heavy atom. The molecule has 3 aromatic rings.